The fraction of sp³-hybridized carbons (Fsp3) is 0.769. The second-order valence-electron chi connectivity index (χ2n) is 6.41. The third-order valence-electron chi connectivity index (χ3n) is 3.85. The Morgan fingerprint density at radius 2 is 2.00 bits per heavy atom. The summed E-state index contributed by atoms with van der Waals surface area (Å²) >= 11 is 0. The van der Waals surface area contributed by atoms with Gasteiger partial charge in [-0.1, -0.05) is 20.8 Å². The van der Waals surface area contributed by atoms with E-state index in [4.69, 9.17) is 9.16 Å². The number of ether oxygens (including phenoxy) is 1. The van der Waals surface area contributed by atoms with E-state index >= 15 is 0 Å². The minimum absolute atomic E-state index is 0.0388. The lowest BCUT2D eigenvalue weighted by atomic mass is 10.1. The van der Waals surface area contributed by atoms with Crippen LogP contribution in [-0.2, 0) is 14.0 Å². The van der Waals surface area contributed by atoms with Crippen molar-refractivity contribution in [2.75, 3.05) is 13.2 Å². The minimum Gasteiger partial charge on any atom is -0.458 e. The summed E-state index contributed by atoms with van der Waals surface area (Å²) in [5.41, 5.74) is 0.399. The molecule has 5 nitrogen and oxygen atoms in total. The normalized spacial score (nSPS) is 19.9. The van der Waals surface area contributed by atoms with Crippen molar-refractivity contribution < 1.29 is 24.2 Å². The van der Waals surface area contributed by atoms with Gasteiger partial charge >= 0.3 is 5.97 Å². The van der Waals surface area contributed by atoms with Gasteiger partial charge in [-0.15, -0.1) is 0 Å². The first kappa shape index (κ1) is 16.4. The Morgan fingerprint density at radius 3 is 2.42 bits per heavy atom. The maximum Gasteiger partial charge on any atom is 0.331 e. The molecular weight excluding hydrogens is 264 g/mol. The highest BCUT2D eigenvalue weighted by Crippen LogP contribution is 2.36. The largest absolute Gasteiger partial charge is 0.458 e. The second kappa shape index (κ2) is 5.74. The summed E-state index contributed by atoms with van der Waals surface area (Å²) in [5.74, 6) is -0.480. The molecule has 0 saturated carbocycles. The summed E-state index contributed by atoms with van der Waals surface area (Å²) < 4.78 is 10.5. The highest BCUT2D eigenvalue weighted by atomic mass is 28.4. The van der Waals surface area contributed by atoms with Gasteiger partial charge in [0.2, 0.25) is 0 Å². The van der Waals surface area contributed by atoms with Crippen molar-refractivity contribution in [2.24, 2.45) is 0 Å². The van der Waals surface area contributed by atoms with Gasteiger partial charge in [0.25, 0.3) is 0 Å². The van der Waals surface area contributed by atoms with Crippen LogP contribution in [0.1, 0.15) is 20.8 Å². The van der Waals surface area contributed by atoms with Crippen LogP contribution in [0, 0.1) is 0 Å². The van der Waals surface area contributed by atoms with Crippen LogP contribution < -0.4 is 0 Å². The van der Waals surface area contributed by atoms with Crippen molar-refractivity contribution in [1.82, 2.24) is 0 Å². The first-order chi connectivity index (χ1) is 8.54. The van der Waals surface area contributed by atoms with E-state index in [1.807, 2.05) is 0 Å². The van der Waals surface area contributed by atoms with Crippen molar-refractivity contribution in [3.63, 3.8) is 0 Å². The smallest absolute Gasteiger partial charge is 0.331 e. The van der Waals surface area contributed by atoms with E-state index in [1.165, 1.54) is 6.08 Å². The molecule has 1 heterocycles. The predicted octanol–water partition coefficient (Wildman–Crippen LogP) is 1.21. The molecule has 110 valence electrons. The highest BCUT2D eigenvalue weighted by Gasteiger charge is 2.38. The third kappa shape index (κ3) is 4.14. The summed E-state index contributed by atoms with van der Waals surface area (Å²) in [5, 5.41) is 19.9. The lowest BCUT2D eigenvalue weighted by molar-refractivity contribution is -0.135. The van der Waals surface area contributed by atoms with Crippen molar-refractivity contribution in [3.05, 3.63) is 11.6 Å². The van der Waals surface area contributed by atoms with Crippen molar-refractivity contribution >= 4 is 14.3 Å². The van der Waals surface area contributed by atoms with E-state index in [0.717, 1.165) is 0 Å². The molecule has 0 aromatic rings. The van der Waals surface area contributed by atoms with Gasteiger partial charge in [0, 0.05) is 11.6 Å². The number of carbonyl (C=O) groups is 1. The molecule has 0 amide bonds. The van der Waals surface area contributed by atoms with Crippen LogP contribution in [0.5, 0.6) is 0 Å². The third-order valence-corrected chi connectivity index (χ3v) is 8.35. The Balaban J connectivity index is 2.54. The minimum atomic E-state index is -1.96. The van der Waals surface area contributed by atoms with E-state index in [2.05, 4.69) is 33.9 Å². The summed E-state index contributed by atoms with van der Waals surface area (Å²) in [6.45, 7) is 10.6. The van der Waals surface area contributed by atoms with Crippen LogP contribution in [0.2, 0.25) is 18.1 Å². The summed E-state index contributed by atoms with van der Waals surface area (Å²) in [6.07, 6.45) is -0.939. The van der Waals surface area contributed by atoms with Crippen LogP contribution in [0.3, 0.4) is 0 Å². The maximum atomic E-state index is 10.9. The number of esters is 1. The van der Waals surface area contributed by atoms with Crippen molar-refractivity contribution in [2.45, 2.75) is 51.1 Å². The Hall–Kier alpha value is -0.693. The van der Waals surface area contributed by atoms with Gasteiger partial charge in [0.15, 0.2) is 8.32 Å². The highest BCUT2D eigenvalue weighted by molar-refractivity contribution is 6.74. The molecule has 0 unspecified atom stereocenters. The zero-order chi connectivity index (χ0) is 14.8. The quantitative estimate of drug-likeness (QED) is 0.587. The van der Waals surface area contributed by atoms with E-state index < -0.39 is 26.5 Å². The molecule has 0 aliphatic carbocycles. The van der Waals surface area contributed by atoms with Crippen LogP contribution in [0.25, 0.3) is 0 Å². The van der Waals surface area contributed by atoms with Gasteiger partial charge in [0.1, 0.15) is 18.8 Å². The van der Waals surface area contributed by atoms with Crippen molar-refractivity contribution in [3.8, 4) is 0 Å². The van der Waals surface area contributed by atoms with Gasteiger partial charge in [-0.2, -0.15) is 0 Å². The lowest BCUT2D eigenvalue weighted by Crippen LogP contribution is -2.44. The molecule has 1 aliphatic rings. The second-order valence-corrected chi connectivity index (χ2v) is 11.2. The van der Waals surface area contributed by atoms with Crippen LogP contribution >= 0.6 is 0 Å². The monoisotopic (exact) mass is 288 g/mol. The molecule has 0 radical (unpaired) electrons. The SMILES string of the molecule is CC(C)(C)[Si](C)(C)OC[C@@H](O)[C@H](O)C1=CC(=O)OC1. The Bertz CT molecular complexity index is 370. The van der Waals surface area contributed by atoms with Gasteiger partial charge in [-0.25, -0.2) is 4.79 Å². The first-order valence-corrected chi connectivity index (χ1v) is 9.33. The Kier molecular flexibility index (Phi) is 4.95. The molecule has 2 atom stereocenters. The average Bonchev–Trinajstić information content (AvgIpc) is 2.70. The number of carbonyl (C=O) groups excluding carboxylic acids is 1. The van der Waals surface area contributed by atoms with Gasteiger partial charge in [-0.05, 0) is 18.1 Å². The molecule has 1 rings (SSSR count). The van der Waals surface area contributed by atoms with Gasteiger partial charge in [0.05, 0.1) is 6.61 Å². The van der Waals surface area contributed by atoms with E-state index in [-0.39, 0.29) is 18.3 Å². The van der Waals surface area contributed by atoms with E-state index in [9.17, 15) is 15.0 Å². The molecule has 0 aromatic heterocycles. The molecule has 6 heteroatoms. The van der Waals surface area contributed by atoms with E-state index in [1.54, 1.807) is 0 Å². The Morgan fingerprint density at radius 1 is 1.42 bits per heavy atom. The summed E-state index contributed by atoms with van der Waals surface area (Å²) in [7, 11) is -1.96. The van der Waals surface area contributed by atoms with Crippen LogP contribution in [-0.4, -0.2) is 49.9 Å². The molecule has 0 bridgehead atoms. The van der Waals surface area contributed by atoms with Crippen LogP contribution in [0.4, 0.5) is 0 Å². The van der Waals surface area contributed by atoms with Gasteiger partial charge < -0.3 is 19.4 Å². The first-order valence-electron chi connectivity index (χ1n) is 6.42. The molecule has 2 N–H and O–H groups in total. The maximum absolute atomic E-state index is 10.9. The molecule has 0 aromatic carbocycles. The summed E-state index contributed by atoms with van der Waals surface area (Å²) in [6, 6.07) is 0. The number of hydrogen-bond acceptors (Lipinski definition) is 5. The fourth-order valence-electron chi connectivity index (χ4n) is 1.41. The Labute approximate surface area is 115 Å². The predicted molar refractivity (Wildman–Crippen MR) is 74.2 cm³/mol. The molecule has 1 aliphatic heterocycles. The van der Waals surface area contributed by atoms with Crippen molar-refractivity contribution in [1.29, 1.82) is 0 Å². The molecule has 0 spiro atoms. The fourth-order valence-corrected chi connectivity index (χ4v) is 2.43. The van der Waals surface area contributed by atoms with Crippen LogP contribution in [0.15, 0.2) is 11.6 Å². The molecule has 0 fully saturated rings. The van der Waals surface area contributed by atoms with E-state index in [0.29, 0.717) is 5.57 Å². The molecule has 0 saturated heterocycles. The number of rotatable bonds is 5. The number of cyclic esters (lactones) is 1. The average molecular weight is 288 g/mol. The zero-order valence-corrected chi connectivity index (χ0v) is 13.3. The van der Waals surface area contributed by atoms with Gasteiger partial charge in [-0.3, -0.25) is 0 Å². The molecular formula is C13H24O5Si. The number of hydrogen-bond donors (Lipinski definition) is 2. The summed E-state index contributed by atoms with van der Waals surface area (Å²) in [4.78, 5) is 10.9. The molecule has 19 heavy (non-hydrogen) atoms. The number of aliphatic hydroxyl groups excluding tert-OH is 2. The lowest BCUT2D eigenvalue weighted by Gasteiger charge is -2.37. The standard InChI is InChI=1S/C13H24O5Si/c1-13(2,3)19(4,5)18-8-10(14)12(16)9-6-11(15)17-7-9/h6,10,12,14,16H,7-8H2,1-5H3/t10-,12-/m1/s1. The topological polar surface area (TPSA) is 76.0 Å². The number of aliphatic hydroxyl groups is 2. The zero-order valence-electron chi connectivity index (χ0n) is 12.3.